The maximum Gasteiger partial charge on any atom is 0.262 e. The molecule has 2 saturated heterocycles. The lowest BCUT2D eigenvalue weighted by Gasteiger charge is -2.44. The third-order valence-electron chi connectivity index (χ3n) is 8.94. The molecule has 246 valence electrons. The Kier molecular flexibility index (Phi) is 10.2. The molecule has 10 heteroatoms. The monoisotopic (exact) mass is 639 g/mol. The van der Waals surface area contributed by atoms with Crippen molar-refractivity contribution in [3.8, 4) is 23.1 Å². The van der Waals surface area contributed by atoms with E-state index in [1.165, 1.54) is 31.5 Å². The lowest BCUT2D eigenvalue weighted by Crippen LogP contribution is -2.49. The van der Waals surface area contributed by atoms with E-state index in [-0.39, 0.29) is 23.1 Å². The van der Waals surface area contributed by atoms with Crippen LogP contribution in [0.15, 0.2) is 66.9 Å². The number of piperidine rings is 2. The molecule has 2 atom stereocenters. The van der Waals surface area contributed by atoms with Gasteiger partial charge in [-0.05, 0) is 94.9 Å². The van der Waals surface area contributed by atoms with Gasteiger partial charge < -0.3 is 24.8 Å². The van der Waals surface area contributed by atoms with E-state index in [9.17, 15) is 4.79 Å². The molecular formula is C37H42FN5O4. The summed E-state index contributed by atoms with van der Waals surface area (Å²) in [5.74, 6) is 0.769. The van der Waals surface area contributed by atoms with Crippen LogP contribution < -0.4 is 24.8 Å². The highest BCUT2D eigenvalue weighted by Crippen LogP contribution is 2.35. The van der Waals surface area contributed by atoms with Gasteiger partial charge in [0, 0.05) is 35.6 Å². The summed E-state index contributed by atoms with van der Waals surface area (Å²) >= 11 is 0. The van der Waals surface area contributed by atoms with Crippen LogP contribution in [-0.4, -0.2) is 53.1 Å². The normalized spacial score (nSPS) is 17.8. The van der Waals surface area contributed by atoms with Crippen molar-refractivity contribution >= 4 is 23.2 Å². The summed E-state index contributed by atoms with van der Waals surface area (Å²) < 4.78 is 33.2. The summed E-state index contributed by atoms with van der Waals surface area (Å²) in [5, 5.41) is 6.02. The number of aromatic nitrogens is 2. The van der Waals surface area contributed by atoms with Gasteiger partial charge in [0.1, 0.15) is 5.56 Å². The number of nitrogens with zero attached hydrogens (tertiary/aromatic N) is 3. The zero-order valence-electron chi connectivity index (χ0n) is 27.2. The van der Waals surface area contributed by atoms with Crippen LogP contribution in [0.5, 0.6) is 23.1 Å². The molecule has 9 nitrogen and oxygen atoms in total. The van der Waals surface area contributed by atoms with E-state index in [1.807, 2.05) is 45.0 Å². The highest BCUT2D eigenvalue weighted by Gasteiger charge is 2.33. The molecule has 1 amide bonds. The first-order chi connectivity index (χ1) is 22.9. The Balaban J connectivity index is 1.21. The van der Waals surface area contributed by atoms with Gasteiger partial charge in [0.05, 0.1) is 13.2 Å². The standard InChI is InChI=1S/C37H42FN5O4/c1-4-45-32-15-5-6-16-33(32)47-36-28(35(44)41-34-24(2)11-9-12-25(34)3)22-39-37(42-36)40-27-17-18-31(29(38)21-27)46-23-26-13-10-20-43-19-8-7-14-30(26)43/h5-6,9,11-12,15-18,21-22,26,30H,4,7-8,10,13-14,19-20,23H2,1-3H3,(H,41,44)(H,39,40,42). The summed E-state index contributed by atoms with van der Waals surface area (Å²) in [6.07, 6.45) is 7.35. The molecule has 2 N–H and O–H groups in total. The minimum Gasteiger partial charge on any atom is -0.490 e. The number of rotatable bonds is 11. The Bertz CT molecular complexity index is 1690. The number of nitrogens with one attached hydrogen (secondary N) is 2. The number of benzene rings is 3. The number of hydrogen-bond acceptors (Lipinski definition) is 8. The van der Waals surface area contributed by atoms with Crippen molar-refractivity contribution < 1.29 is 23.4 Å². The third kappa shape index (κ3) is 7.65. The molecule has 47 heavy (non-hydrogen) atoms. The lowest BCUT2D eigenvalue weighted by atomic mass is 9.84. The third-order valence-corrected chi connectivity index (χ3v) is 8.94. The SMILES string of the molecule is CCOc1ccccc1Oc1nc(Nc2ccc(OCC3CCCN4CCCCC34)c(F)c2)ncc1C(=O)Nc1c(C)cccc1C. The predicted molar refractivity (Wildman–Crippen MR) is 181 cm³/mol. The van der Waals surface area contributed by atoms with Crippen molar-refractivity contribution in [2.45, 2.75) is 58.9 Å². The van der Waals surface area contributed by atoms with Crippen LogP contribution in [0, 0.1) is 25.6 Å². The van der Waals surface area contributed by atoms with Crippen molar-refractivity contribution in [2.24, 2.45) is 5.92 Å². The molecular weight excluding hydrogens is 597 g/mol. The van der Waals surface area contributed by atoms with E-state index in [0.717, 1.165) is 37.1 Å². The molecule has 0 spiro atoms. The number of carbonyl (C=O) groups excluding carboxylic acids is 1. The van der Waals surface area contributed by atoms with Gasteiger partial charge in [0.25, 0.3) is 5.91 Å². The van der Waals surface area contributed by atoms with Gasteiger partial charge in [-0.3, -0.25) is 9.69 Å². The molecule has 4 aromatic rings. The zero-order valence-corrected chi connectivity index (χ0v) is 27.2. The molecule has 0 radical (unpaired) electrons. The van der Waals surface area contributed by atoms with E-state index in [0.29, 0.717) is 48.0 Å². The lowest BCUT2D eigenvalue weighted by molar-refractivity contribution is 0.0358. The topological polar surface area (TPSA) is 97.8 Å². The quantitative estimate of drug-likeness (QED) is 0.170. The van der Waals surface area contributed by atoms with Gasteiger partial charge >= 0.3 is 0 Å². The number of anilines is 3. The molecule has 6 rings (SSSR count). The second-order valence-corrected chi connectivity index (χ2v) is 12.2. The number of aryl methyl sites for hydroxylation is 2. The minimum atomic E-state index is -0.474. The van der Waals surface area contributed by atoms with E-state index in [4.69, 9.17) is 14.2 Å². The fourth-order valence-electron chi connectivity index (χ4n) is 6.56. The van der Waals surface area contributed by atoms with Crippen LogP contribution in [0.3, 0.4) is 0 Å². The summed E-state index contributed by atoms with van der Waals surface area (Å²) in [6, 6.07) is 18.2. The fraction of sp³-hybridized carbons (Fsp3) is 0.378. The molecule has 1 aromatic heterocycles. The van der Waals surface area contributed by atoms with E-state index in [2.05, 4.69) is 25.5 Å². The van der Waals surface area contributed by atoms with Crippen LogP contribution in [0.25, 0.3) is 0 Å². The van der Waals surface area contributed by atoms with Gasteiger partial charge in [-0.1, -0.05) is 36.8 Å². The van der Waals surface area contributed by atoms with Crippen molar-refractivity contribution in [1.82, 2.24) is 14.9 Å². The minimum absolute atomic E-state index is 0.0167. The van der Waals surface area contributed by atoms with Crippen LogP contribution in [0.4, 0.5) is 21.7 Å². The van der Waals surface area contributed by atoms with E-state index >= 15 is 4.39 Å². The fourth-order valence-corrected chi connectivity index (χ4v) is 6.56. The average molecular weight is 640 g/mol. The van der Waals surface area contributed by atoms with Crippen molar-refractivity contribution in [3.05, 3.63) is 89.4 Å². The molecule has 0 bridgehead atoms. The largest absolute Gasteiger partial charge is 0.490 e. The molecule has 3 aromatic carbocycles. The van der Waals surface area contributed by atoms with Crippen molar-refractivity contribution in [1.29, 1.82) is 0 Å². The average Bonchev–Trinajstić information content (AvgIpc) is 3.07. The molecule has 0 saturated carbocycles. The summed E-state index contributed by atoms with van der Waals surface area (Å²) in [4.78, 5) is 25.1. The molecule has 2 fully saturated rings. The summed E-state index contributed by atoms with van der Waals surface area (Å²) in [6.45, 7) is 8.98. The van der Waals surface area contributed by atoms with Gasteiger partial charge in [0.2, 0.25) is 11.8 Å². The van der Waals surface area contributed by atoms with Gasteiger partial charge in [-0.2, -0.15) is 4.98 Å². The highest BCUT2D eigenvalue weighted by molar-refractivity contribution is 6.06. The molecule has 2 aliphatic rings. The maximum atomic E-state index is 15.3. The number of hydrogen-bond donors (Lipinski definition) is 2. The highest BCUT2D eigenvalue weighted by atomic mass is 19.1. The summed E-state index contributed by atoms with van der Waals surface area (Å²) in [5.41, 5.74) is 3.10. The number of ether oxygens (including phenoxy) is 3. The van der Waals surface area contributed by atoms with Gasteiger partial charge in [-0.15, -0.1) is 0 Å². The van der Waals surface area contributed by atoms with Crippen molar-refractivity contribution in [3.63, 3.8) is 0 Å². The summed E-state index contributed by atoms with van der Waals surface area (Å²) in [7, 11) is 0. The first-order valence-corrected chi connectivity index (χ1v) is 16.5. The van der Waals surface area contributed by atoms with Crippen LogP contribution in [-0.2, 0) is 0 Å². The van der Waals surface area contributed by atoms with Crippen LogP contribution in [0.1, 0.15) is 60.5 Å². The van der Waals surface area contributed by atoms with E-state index in [1.54, 1.807) is 30.3 Å². The Labute approximate surface area is 275 Å². The van der Waals surface area contributed by atoms with Crippen LogP contribution >= 0.6 is 0 Å². The zero-order chi connectivity index (χ0) is 32.8. The van der Waals surface area contributed by atoms with Crippen molar-refractivity contribution in [2.75, 3.05) is 36.9 Å². The van der Waals surface area contributed by atoms with E-state index < -0.39 is 11.7 Å². The Morgan fingerprint density at radius 2 is 1.72 bits per heavy atom. The first kappa shape index (κ1) is 32.2. The number of halogens is 1. The smallest absolute Gasteiger partial charge is 0.262 e. The first-order valence-electron chi connectivity index (χ1n) is 16.5. The maximum absolute atomic E-state index is 15.3. The molecule has 2 aliphatic heterocycles. The van der Waals surface area contributed by atoms with Crippen LogP contribution in [0.2, 0.25) is 0 Å². The number of para-hydroxylation sites is 3. The second kappa shape index (κ2) is 14.8. The Hall–Kier alpha value is -4.70. The molecule has 3 heterocycles. The van der Waals surface area contributed by atoms with Gasteiger partial charge in [0.15, 0.2) is 23.1 Å². The number of fused-ring (bicyclic) bond motifs is 1. The second-order valence-electron chi connectivity index (χ2n) is 12.2. The Morgan fingerprint density at radius 1 is 0.936 bits per heavy atom. The number of amides is 1. The molecule has 2 unspecified atom stereocenters. The molecule has 0 aliphatic carbocycles. The number of carbonyl (C=O) groups is 1. The van der Waals surface area contributed by atoms with Gasteiger partial charge in [-0.25, -0.2) is 9.37 Å². The predicted octanol–water partition coefficient (Wildman–Crippen LogP) is 8.06. The Morgan fingerprint density at radius 3 is 2.51 bits per heavy atom.